The maximum Gasteiger partial charge on any atom is 0.326 e. The van der Waals surface area contributed by atoms with Crippen molar-refractivity contribution < 1.29 is 19.3 Å². The van der Waals surface area contributed by atoms with Gasteiger partial charge >= 0.3 is 11.1 Å². The van der Waals surface area contributed by atoms with Crippen molar-refractivity contribution >= 4 is 22.7 Å². The molecule has 6 aromatic rings. The first-order valence-electron chi connectivity index (χ1n) is 22.0. The van der Waals surface area contributed by atoms with Crippen molar-refractivity contribution in [2.24, 2.45) is 26.4 Å². The lowest BCUT2D eigenvalue weighted by atomic mass is 9.78. The lowest BCUT2D eigenvalue weighted by Gasteiger charge is -2.26. The van der Waals surface area contributed by atoms with E-state index in [-0.39, 0.29) is 40.2 Å². The minimum atomic E-state index is -0.294. The number of aromatic hydroxyl groups is 2. The van der Waals surface area contributed by atoms with Gasteiger partial charge in [0.2, 0.25) is 11.8 Å². The van der Waals surface area contributed by atoms with Crippen LogP contribution in [0.4, 0.5) is 22.7 Å². The summed E-state index contributed by atoms with van der Waals surface area (Å²) in [5, 5.41) is 41.1. The van der Waals surface area contributed by atoms with Gasteiger partial charge in [0, 0.05) is 43.3 Å². The summed E-state index contributed by atoms with van der Waals surface area (Å²) in [7, 11) is 7.90. The highest BCUT2D eigenvalue weighted by Crippen LogP contribution is 2.39. The summed E-state index contributed by atoms with van der Waals surface area (Å²) >= 11 is 0. The third kappa shape index (κ3) is 10.7. The molecule has 0 amide bonds. The van der Waals surface area contributed by atoms with Gasteiger partial charge in [0.25, 0.3) is 11.4 Å². The largest absolute Gasteiger partial charge is 0.493 e. The quantitative estimate of drug-likeness (QED) is 0.0614. The summed E-state index contributed by atoms with van der Waals surface area (Å²) in [5.41, 5.74) is 5.25. The minimum Gasteiger partial charge on any atom is -0.493 e. The predicted octanol–water partition coefficient (Wildman–Crippen LogP) is 8.89. The van der Waals surface area contributed by atoms with E-state index >= 15 is 0 Å². The topological polar surface area (TPSA) is 148 Å². The van der Waals surface area contributed by atoms with Crippen LogP contribution in [-0.4, -0.2) is 70.4 Å². The van der Waals surface area contributed by atoms with E-state index in [0.717, 1.165) is 37.1 Å². The van der Waals surface area contributed by atoms with Crippen LogP contribution in [0.5, 0.6) is 11.8 Å². The summed E-state index contributed by atoms with van der Waals surface area (Å²) in [6.45, 7) is 10.1. The molecule has 4 aromatic heterocycles. The average Bonchev–Trinajstić information content (AvgIpc) is 3.29. The van der Waals surface area contributed by atoms with Crippen molar-refractivity contribution in [1.29, 1.82) is 0 Å². The van der Waals surface area contributed by atoms with Crippen LogP contribution in [0.25, 0.3) is 11.4 Å². The molecule has 0 aliphatic carbocycles. The molecular formula is C50H62N10O4+2. The molecule has 6 rings (SSSR count). The third-order valence-electron chi connectivity index (χ3n) is 11.7. The zero-order valence-corrected chi connectivity index (χ0v) is 38.4. The van der Waals surface area contributed by atoms with Crippen LogP contribution in [0.3, 0.4) is 0 Å². The molecule has 64 heavy (non-hydrogen) atoms. The van der Waals surface area contributed by atoms with E-state index in [0.29, 0.717) is 65.7 Å². The molecule has 2 N–H and O–H groups in total. The maximum atomic E-state index is 13.8. The van der Waals surface area contributed by atoms with E-state index in [9.17, 15) is 19.8 Å². The van der Waals surface area contributed by atoms with Crippen molar-refractivity contribution in [2.45, 2.75) is 72.4 Å². The van der Waals surface area contributed by atoms with Gasteiger partial charge in [-0.1, -0.05) is 63.1 Å². The van der Waals surface area contributed by atoms with Gasteiger partial charge in [-0.05, 0) is 109 Å². The lowest BCUT2D eigenvalue weighted by molar-refractivity contribution is -0.597. The van der Waals surface area contributed by atoms with Crippen LogP contribution in [-0.2, 0) is 13.1 Å². The van der Waals surface area contributed by atoms with Gasteiger partial charge in [-0.15, -0.1) is 10.2 Å². The van der Waals surface area contributed by atoms with Gasteiger partial charge in [-0.2, -0.15) is 19.4 Å². The van der Waals surface area contributed by atoms with E-state index in [2.05, 4.69) is 58.6 Å². The van der Waals surface area contributed by atoms with Crippen molar-refractivity contribution in [1.82, 2.24) is 18.9 Å². The Hall–Kier alpha value is -6.64. The molecule has 0 aliphatic heterocycles. The fourth-order valence-electron chi connectivity index (χ4n) is 8.24. The van der Waals surface area contributed by atoms with Gasteiger partial charge in [-0.25, -0.2) is 0 Å². The van der Waals surface area contributed by atoms with Gasteiger partial charge in [0.1, 0.15) is 0 Å². The number of rotatable bonds is 19. The number of pyridine rings is 4. The first-order valence-corrected chi connectivity index (χ1v) is 22.0. The summed E-state index contributed by atoms with van der Waals surface area (Å²) in [6.07, 6.45) is 10.5. The number of nitrogens with zero attached hydrogens (tertiary/aromatic N) is 10. The molecule has 0 unspecified atom stereocenters. The van der Waals surface area contributed by atoms with Gasteiger partial charge in [-0.3, -0.25) is 18.7 Å². The number of hydrogen-bond acceptors (Lipinski definition) is 10. The van der Waals surface area contributed by atoms with Crippen LogP contribution in [0.15, 0.2) is 140 Å². The highest BCUT2D eigenvalue weighted by atomic mass is 16.3. The monoisotopic (exact) mass is 866 g/mol. The fourth-order valence-corrected chi connectivity index (χ4v) is 8.24. The zero-order valence-electron chi connectivity index (χ0n) is 38.4. The fraction of sp³-hybridized carbons (Fsp3) is 0.360. The molecule has 334 valence electrons. The van der Waals surface area contributed by atoms with E-state index in [1.54, 1.807) is 23.0 Å². The molecule has 14 nitrogen and oxygen atoms in total. The third-order valence-corrected chi connectivity index (χ3v) is 11.7. The zero-order chi connectivity index (χ0) is 45.9. The molecule has 0 spiro atoms. The summed E-state index contributed by atoms with van der Waals surface area (Å²) in [4.78, 5) is 31.6. The second-order valence-electron chi connectivity index (χ2n) is 16.7. The van der Waals surface area contributed by atoms with Crippen LogP contribution in [0.1, 0.15) is 67.7 Å². The highest BCUT2D eigenvalue weighted by molar-refractivity contribution is 5.60. The number of benzene rings is 2. The van der Waals surface area contributed by atoms with Gasteiger partial charge in [0.05, 0.1) is 22.5 Å². The number of azo groups is 2. The molecular weight excluding hydrogens is 805 g/mol. The Morgan fingerprint density at radius 2 is 0.922 bits per heavy atom. The Morgan fingerprint density at radius 3 is 1.25 bits per heavy atom. The Morgan fingerprint density at radius 1 is 0.562 bits per heavy atom. The van der Waals surface area contributed by atoms with Crippen LogP contribution in [0.2, 0.25) is 0 Å². The number of aromatic nitrogens is 4. The summed E-state index contributed by atoms with van der Waals surface area (Å²) in [5.74, 6) is 0.0170. The SMILES string of the molecule is CCC(CC)C(c1ccc(N=Nc2c(C)c(-[n+]3ccccc3)c(=O)n(CCCN(C)C)c2O)cc1)c1ccc(N=Nc2c(C)c(-[n+]3ccccc3)c(=O)n(CCCN(C)C)c2O)cc1. The van der Waals surface area contributed by atoms with Gasteiger partial charge < -0.3 is 20.0 Å². The van der Waals surface area contributed by atoms with E-state index in [4.69, 9.17) is 0 Å². The second-order valence-corrected chi connectivity index (χ2v) is 16.7. The molecule has 0 aliphatic rings. The Labute approximate surface area is 375 Å². The van der Waals surface area contributed by atoms with Crippen molar-refractivity contribution in [2.75, 3.05) is 41.3 Å². The smallest absolute Gasteiger partial charge is 0.326 e. The number of hydrogen-bond donors (Lipinski definition) is 2. The van der Waals surface area contributed by atoms with Crippen LogP contribution in [0, 0.1) is 19.8 Å². The van der Waals surface area contributed by atoms with Crippen molar-refractivity contribution in [3.05, 3.63) is 153 Å². The van der Waals surface area contributed by atoms with E-state index in [1.807, 2.05) is 123 Å². The molecule has 0 bridgehead atoms. The summed E-state index contributed by atoms with van der Waals surface area (Å²) < 4.78 is 6.28. The van der Waals surface area contributed by atoms with Crippen molar-refractivity contribution in [3.63, 3.8) is 0 Å². The Kier molecular flexibility index (Phi) is 15.8. The van der Waals surface area contributed by atoms with Crippen LogP contribution < -0.4 is 20.3 Å². The maximum absolute atomic E-state index is 13.8. The lowest BCUT2D eigenvalue weighted by Crippen LogP contribution is -2.40. The van der Waals surface area contributed by atoms with Crippen LogP contribution >= 0.6 is 0 Å². The first kappa shape index (κ1) is 46.9. The van der Waals surface area contributed by atoms with E-state index < -0.39 is 0 Å². The average molecular weight is 867 g/mol. The molecule has 14 heteroatoms. The normalized spacial score (nSPS) is 12.4. The molecule has 0 saturated carbocycles. The predicted molar refractivity (Wildman–Crippen MR) is 251 cm³/mol. The van der Waals surface area contributed by atoms with Gasteiger partial charge in [0.15, 0.2) is 36.2 Å². The molecule has 0 atom stereocenters. The molecule has 0 radical (unpaired) electrons. The van der Waals surface area contributed by atoms with E-state index in [1.165, 1.54) is 9.13 Å². The first-order chi connectivity index (χ1) is 30.8. The Bertz CT molecular complexity index is 2490. The summed E-state index contributed by atoms with van der Waals surface area (Å²) in [6, 6.07) is 27.2. The highest BCUT2D eigenvalue weighted by Gasteiger charge is 2.28. The standard InChI is InChI=1S/C50H60N10O4/c1-9-37(10-2)42(38-19-23-40(24-20-38)51-53-43-35(3)45(57-29-13-11-14-30-57)49(63)59(47(43)61)33-17-27-55(5)6)39-21-25-41(26-22-39)52-54-44-36(4)46(58-31-15-12-16-32-58)50(64)60(48(44)62)34-18-28-56(7)8/h11-16,19-26,29-32,37,42H,9-10,17-18,27-28,33-34H2,1-8H3/p+2. The Balaban J connectivity index is 1.29. The molecule has 4 heterocycles. The molecule has 0 fully saturated rings. The minimum absolute atomic E-state index is 0.0805. The second kappa shape index (κ2) is 21.6. The molecule has 0 saturated heterocycles. The van der Waals surface area contributed by atoms with Crippen molar-refractivity contribution in [3.8, 4) is 23.1 Å². The molecule has 2 aromatic carbocycles.